The lowest BCUT2D eigenvalue weighted by Gasteiger charge is -2.20. The zero-order valence-corrected chi connectivity index (χ0v) is 16.3. The summed E-state index contributed by atoms with van der Waals surface area (Å²) in [4.78, 5) is 27.0. The Bertz CT molecular complexity index is 1000. The van der Waals surface area contributed by atoms with Gasteiger partial charge in [0, 0.05) is 19.4 Å². The zero-order valence-electron chi connectivity index (χ0n) is 16.3. The molecule has 1 N–H and O–H groups in total. The van der Waals surface area contributed by atoms with Crippen LogP contribution in [0.5, 0.6) is 5.75 Å². The Morgan fingerprint density at radius 2 is 1.86 bits per heavy atom. The molecule has 0 aliphatic carbocycles. The van der Waals surface area contributed by atoms with Crippen molar-refractivity contribution in [2.45, 2.75) is 25.3 Å². The number of ether oxygens (including phenoxy) is 1. The molecule has 2 aliphatic rings. The van der Waals surface area contributed by atoms with Crippen molar-refractivity contribution in [2.24, 2.45) is 10.2 Å². The lowest BCUT2D eigenvalue weighted by atomic mass is 9.93. The molecular formula is C22H22N4O3. The minimum absolute atomic E-state index is 0.0628. The average molecular weight is 390 g/mol. The van der Waals surface area contributed by atoms with Crippen molar-refractivity contribution < 1.29 is 14.3 Å². The van der Waals surface area contributed by atoms with Gasteiger partial charge in [0.2, 0.25) is 0 Å². The normalized spacial score (nSPS) is 19.4. The van der Waals surface area contributed by atoms with Gasteiger partial charge in [0.15, 0.2) is 0 Å². The molecule has 4 rings (SSSR count). The number of fused-ring (bicyclic) bond motifs is 1. The number of benzene rings is 2. The topological polar surface area (TPSA) is 83.4 Å². The first kappa shape index (κ1) is 18.9. The molecule has 7 heteroatoms. The van der Waals surface area contributed by atoms with E-state index in [1.165, 1.54) is 4.90 Å². The van der Waals surface area contributed by atoms with Crippen molar-refractivity contribution in [3.8, 4) is 5.75 Å². The molecule has 0 radical (unpaired) electrons. The standard InChI is InChI=1S/C22H22N4O3/c1-14(15-8-4-3-5-9-15)16-12-17(25-24-16)21(27)23-18-13-29-20-11-7-6-10-19(20)26(2)22(18)28/h3-11,14,18H,12-13H2,1-2H3,(H,23,27)/t14-,18-/m0/s1. The molecule has 2 heterocycles. The average Bonchev–Trinajstić information content (AvgIpc) is 3.22. The largest absolute Gasteiger partial charge is 0.489 e. The van der Waals surface area contributed by atoms with E-state index in [0.717, 1.165) is 11.3 Å². The first-order valence-electron chi connectivity index (χ1n) is 9.53. The highest BCUT2D eigenvalue weighted by Gasteiger charge is 2.32. The van der Waals surface area contributed by atoms with Crippen LogP contribution in [0, 0.1) is 0 Å². The van der Waals surface area contributed by atoms with Gasteiger partial charge in [-0.2, -0.15) is 5.10 Å². The summed E-state index contributed by atoms with van der Waals surface area (Å²) in [6.45, 7) is 2.10. The number of nitrogens with zero attached hydrogens (tertiary/aromatic N) is 3. The van der Waals surface area contributed by atoms with E-state index in [4.69, 9.17) is 4.74 Å². The molecule has 0 unspecified atom stereocenters. The summed E-state index contributed by atoms with van der Waals surface area (Å²) in [6.07, 6.45) is 0.361. The molecule has 0 saturated heterocycles. The summed E-state index contributed by atoms with van der Waals surface area (Å²) in [5.74, 6) is 0.0420. The molecule has 2 aromatic rings. The Morgan fingerprint density at radius 3 is 2.66 bits per heavy atom. The predicted octanol–water partition coefficient (Wildman–Crippen LogP) is 2.53. The lowest BCUT2D eigenvalue weighted by molar-refractivity contribution is -0.124. The summed E-state index contributed by atoms with van der Waals surface area (Å²) < 4.78 is 5.74. The molecule has 0 aromatic heterocycles. The van der Waals surface area contributed by atoms with E-state index >= 15 is 0 Å². The van der Waals surface area contributed by atoms with Gasteiger partial charge < -0.3 is 15.0 Å². The summed E-state index contributed by atoms with van der Waals surface area (Å²) in [5.41, 5.74) is 2.93. The van der Waals surface area contributed by atoms with Gasteiger partial charge in [-0.1, -0.05) is 49.4 Å². The van der Waals surface area contributed by atoms with E-state index < -0.39 is 11.9 Å². The van der Waals surface area contributed by atoms with Crippen LogP contribution in [-0.2, 0) is 9.59 Å². The zero-order chi connectivity index (χ0) is 20.4. The maximum Gasteiger partial charge on any atom is 0.268 e. The molecule has 2 atom stereocenters. The molecule has 7 nitrogen and oxygen atoms in total. The molecule has 2 amide bonds. The van der Waals surface area contributed by atoms with Crippen LogP contribution in [0.25, 0.3) is 0 Å². The van der Waals surface area contributed by atoms with Gasteiger partial charge in [-0.3, -0.25) is 9.59 Å². The molecule has 0 bridgehead atoms. The van der Waals surface area contributed by atoms with Gasteiger partial charge in [0.25, 0.3) is 11.8 Å². The number of nitrogens with one attached hydrogen (secondary N) is 1. The Morgan fingerprint density at radius 1 is 1.14 bits per heavy atom. The van der Waals surface area contributed by atoms with Gasteiger partial charge in [-0.05, 0) is 17.7 Å². The van der Waals surface area contributed by atoms with Gasteiger partial charge in [0.1, 0.15) is 24.1 Å². The fraction of sp³-hybridized carbons (Fsp3) is 0.273. The third-order valence-corrected chi connectivity index (χ3v) is 5.28. The van der Waals surface area contributed by atoms with E-state index in [0.29, 0.717) is 23.6 Å². The number of hydrogen-bond donors (Lipinski definition) is 1. The number of amides is 2. The highest BCUT2D eigenvalue weighted by Crippen LogP contribution is 2.30. The van der Waals surface area contributed by atoms with Crippen molar-refractivity contribution in [2.75, 3.05) is 18.6 Å². The summed E-state index contributed by atoms with van der Waals surface area (Å²) in [6, 6.07) is 16.5. The van der Waals surface area contributed by atoms with Gasteiger partial charge in [0.05, 0.1) is 11.4 Å². The van der Waals surface area contributed by atoms with Crippen molar-refractivity contribution in [1.29, 1.82) is 0 Å². The Labute approximate surface area is 169 Å². The maximum absolute atomic E-state index is 12.8. The molecule has 148 valence electrons. The molecule has 29 heavy (non-hydrogen) atoms. The number of carbonyl (C=O) groups excluding carboxylic acids is 2. The molecule has 0 fully saturated rings. The van der Waals surface area contributed by atoms with Crippen LogP contribution in [0.3, 0.4) is 0 Å². The lowest BCUT2D eigenvalue weighted by Crippen LogP contribution is -2.51. The molecule has 2 aromatic carbocycles. The van der Waals surface area contributed by atoms with Crippen LogP contribution < -0.4 is 15.0 Å². The van der Waals surface area contributed by atoms with Crippen LogP contribution >= 0.6 is 0 Å². The van der Waals surface area contributed by atoms with Crippen molar-refractivity contribution in [1.82, 2.24) is 5.32 Å². The van der Waals surface area contributed by atoms with E-state index in [-0.39, 0.29) is 18.4 Å². The Kier molecular flexibility index (Phi) is 5.12. The number of hydrogen-bond acceptors (Lipinski definition) is 5. The second kappa shape index (κ2) is 7.87. The summed E-state index contributed by atoms with van der Waals surface area (Å²) in [5, 5.41) is 11.0. The number of anilines is 1. The monoisotopic (exact) mass is 390 g/mol. The third-order valence-electron chi connectivity index (χ3n) is 5.28. The molecule has 0 saturated carbocycles. The summed E-state index contributed by atoms with van der Waals surface area (Å²) >= 11 is 0. The Balaban J connectivity index is 1.40. The highest BCUT2D eigenvalue weighted by atomic mass is 16.5. The van der Waals surface area contributed by atoms with Crippen LogP contribution in [0.1, 0.15) is 24.8 Å². The fourth-order valence-electron chi connectivity index (χ4n) is 3.46. The number of rotatable bonds is 4. The van der Waals surface area contributed by atoms with Crippen molar-refractivity contribution in [3.63, 3.8) is 0 Å². The minimum Gasteiger partial charge on any atom is -0.489 e. The summed E-state index contributed by atoms with van der Waals surface area (Å²) in [7, 11) is 1.67. The highest BCUT2D eigenvalue weighted by molar-refractivity contribution is 6.43. The smallest absolute Gasteiger partial charge is 0.268 e. The first-order chi connectivity index (χ1) is 14.0. The fourth-order valence-corrected chi connectivity index (χ4v) is 3.46. The maximum atomic E-state index is 12.8. The van der Waals surface area contributed by atoms with Gasteiger partial charge in [-0.15, -0.1) is 5.10 Å². The third kappa shape index (κ3) is 3.76. The van der Waals surface area contributed by atoms with Crippen LogP contribution in [0.2, 0.25) is 0 Å². The predicted molar refractivity (Wildman–Crippen MR) is 112 cm³/mol. The number of para-hydroxylation sites is 2. The SMILES string of the molecule is C[C@H](C1=NN=C(C(=O)N[C@H]2COc3ccccc3N(C)C2=O)C1)c1ccccc1. The second-order valence-corrected chi connectivity index (χ2v) is 7.15. The number of carbonyl (C=O) groups is 2. The Hall–Kier alpha value is -3.48. The van der Waals surface area contributed by atoms with Crippen LogP contribution in [0.15, 0.2) is 64.8 Å². The number of likely N-dealkylation sites (N-methyl/N-ethyl adjacent to an activating group) is 1. The quantitative estimate of drug-likeness (QED) is 0.871. The minimum atomic E-state index is -0.793. The molecule has 0 spiro atoms. The van der Waals surface area contributed by atoms with E-state index in [1.807, 2.05) is 55.5 Å². The first-order valence-corrected chi connectivity index (χ1v) is 9.53. The second-order valence-electron chi connectivity index (χ2n) is 7.15. The van der Waals surface area contributed by atoms with Crippen LogP contribution in [0.4, 0.5) is 5.69 Å². The molecular weight excluding hydrogens is 368 g/mol. The van der Waals surface area contributed by atoms with Crippen LogP contribution in [-0.4, -0.2) is 42.9 Å². The van der Waals surface area contributed by atoms with E-state index in [9.17, 15) is 9.59 Å². The van der Waals surface area contributed by atoms with Crippen molar-refractivity contribution in [3.05, 3.63) is 60.2 Å². The van der Waals surface area contributed by atoms with Gasteiger partial charge in [-0.25, -0.2) is 0 Å². The van der Waals surface area contributed by atoms with E-state index in [2.05, 4.69) is 15.5 Å². The van der Waals surface area contributed by atoms with E-state index in [1.54, 1.807) is 13.1 Å². The molecule has 2 aliphatic heterocycles. The van der Waals surface area contributed by atoms with Gasteiger partial charge >= 0.3 is 0 Å². The van der Waals surface area contributed by atoms with Crippen molar-refractivity contribution >= 4 is 28.9 Å².